The van der Waals surface area contributed by atoms with E-state index in [2.05, 4.69) is 4.72 Å². The lowest BCUT2D eigenvalue weighted by molar-refractivity contribution is -0.140. The van der Waals surface area contributed by atoms with E-state index in [0.29, 0.717) is 12.8 Å². The molecule has 1 heterocycles. The van der Waals surface area contributed by atoms with Crippen molar-refractivity contribution in [2.45, 2.75) is 18.9 Å². The average molecular weight is 257 g/mol. The summed E-state index contributed by atoms with van der Waals surface area (Å²) < 4.78 is 26.4. The van der Waals surface area contributed by atoms with Crippen LogP contribution in [0.25, 0.3) is 0 Å². The molecular weight excluding hydrogens is 244 g/mol. The number of carbonyl (C=O) groups is 1. The first-order valence-corrected chi connectivity index (χ1v) is 6.51. The number of halogens is 1. The second kappa shape index (κ2) is 5.11. The molecular formula is C7H13ClN2O4S. The third-order valence-corrected chi connectivity index (χ3v) is 3.99. The molecule has 1 atom stereocenters. The molecule has 8 heteroatoms. The fraction of sp³-hybridized carbons (Fsp3) is 0.857. The molecule has 1 aliphatic rings. The Morgan fingerprint density at radius 1 is 1.60 bits per heavy atom. The van der Waals surface area contributed by atoms with Crippen molar-refractivity contribution in [2.75, 3.05) is 19.0 Å². The number of nitrogens with one attached hydrogen (secondary N) is 1. The van der Waals surface area contributed by atoms with Gasteiger partial charge in [0.1, 0.15) is 6.04 Å². The van der Waals surface area contributed by atoms with Gasteiger partial charge in [0.2, 0.25) is 0 Å². The highest BCUT2D eigenvalue weighted by atomic mass is 35.5. The topological polar surface area (TPSA) is 86.7 Å². The van der Waals surface area contributed by atoms with Crippen LogP contribution >= 0.6 is 11.6 Å². The zero-order valence-corrected chi connectivity index (χ0v) is 9.59. The van der Waals surface area contributed by atoms with E-state index >= 15 is 0 Å². The maximum Gasteiger partial charge on any atom is 0.322 e. The van der Waals surface area contributed by atoms with Crippen LogP contribution in [0.1, 0.15) is 12.8 Å². The van der Waals surface area contributed by atoms with Gasteiger partial charge in [-0.3, -0.25) is 4.79 Å². The summed E-state index contributed by atoms with van der Waals surface area (Å²) in [4.78, 5) is 10.8. The minimum absolute atomic E-state index is 0.104. The van der Waals surface area contributed by atoms with Crippen LogP contribution in [0.2, 0.25) is 0 Å². The van der Waals surface area contributed by atoms with Crippen molar-refractivity contribution in [2.24, 2.45) is 0 Å². The van der Waals surface area contributed by atoms with Gasteiger partial charge < -0.3 is 5.11 Å². The van der Waals surface area contributed by atoms with E-state index in [4.69, 9.17) is 16.7 Å². The third kappa shape index (κ3) is 3.04. The molecule has 0 saturated carbocycles. The highest BCUT2D eigenvalue weighted by Crippen LogP contribution is 2.20. The van der Waals surface area contributed by atoms with Gasteiger partial charge in [-0.15, -0.1) is 11.6 Å². The van der Waals surface area contributed by atoms with Crippen LogP contribution in [0.15, 0.2) is 0 Å². The fourth-order valence-corrected chi connectivity index (χ4v) is 3.16. The molecule has 1 rings (SSSR count). The second-order valence-corrected chi connectivity index (χ2v) is 5.28. The third-order valence-electron chi connectivity index (χ3n) is 2.18. The minimum Gasteiger partial charge on any atom is -0.480 e. The lowest BCUT2D eigenvalue weighted by atomic mass is 10.2. The van der Waals surface area contributed by atoms with Crippen LogP contribution in [0.4, 0.5) is 0 Å². The summed E-state index contributed by atoms with van der Waals surface area (Å²) in [5.74, 6) is -0.950. The van der Waals surface area contributed by atoms with E-state index in [1.807, 2.05) is 0 Å². The monoisotopic (exact) mass is 256 g/mol. The highest BCUT2D eigenvalue weighted by Gasteiger charge is 2.38. The van der Waals surface area contributed by atoms with Gasteiger partial charge in [-0.25, -0.2) is 4.72 Å². The van der Waals surface area contributed by atoms with Gasteiger partial charge in [0.15, 0.2) is 0 Å². The molecule has 15 heavy (non-hydrogen) atoms. The Hall–Kier alpha value is -0.370. The molecule has 0 bridgehead atoms. The minimum atomic E-state index is -3.70. The Labute approximate surface area is 93.4 Å². The molecule has 2 N–H and O–H groups in total. The quantitative estimate of drug-likeness (QED) is 0.656. The molecule has 0 amide bonds. The van der Waals surface area contributed by atoms with Crippen molar-refractivity contribution in [1.29, 1.82) is 0 Å². The van der Waals surface area contributed by atoms with Gasteiger partial charge in [-0.05, 0) is 12.8 Å². The SMILES string of the molecule is O=C(O)C1CCCN1S(=O)(=O)NCCCl. The number of rotatable bonds is 5. The molecule has 0 aromatic rings. The number of carboxylic acid groups (broad SMARTS) is 1. The summed E-state index contributed by atoms with van der Waals surface area (Å²) in [6.45, 7) is 0.349. The Kier molecular flexibility index (Phi) is 4.32. The molecule has 88 valence electrons. The molecule has 6 nitrogen and oxygen atoms in total. The van der Waals surface area contributed by atoms with Crippen LogP contribution < -0.4 is 4.72 Å². The Balaban J connectivity index is 2.73. The lowest BCUT2D eigenvalue weighted by Gasteiger charge is -2.20. The van der Waals surface area contributed by atoms with Crippen LogP contribution in [-0.2, 0) is 15.0 Å². The van der Waals surface area contributed by atoms with Crippen molar-refractivity contribution in [3.8, 4) is 0 Å². The fourth-order valence-electron chi connectivity index (χ4n) is 1.53. The number of alkyl halides is 1. The predicted octanol–water partition coefficient (Wildman–Crippen LogP) is -0.391. The molecule has 0 aromatic carbocycles. The van der Waals surface area contributed by atoms with Crippen molar-refractivity contribution in [1.82, 2.24) is 9.03 Å². The smallest absolute Gasteiger partial charge is 0.322 e. The number of hydrogen-bond acceptors (Lipinski definition) is 3. The summed E-state index contributed by atoms with van der Waals surface area (Å²) in [6.07, 6.45) is 0.926. The first-order valence-electron chi connectivity index (χ1n) is 4.54. The maximum absolute atomic E-state index is 11.6. The van der Waals surface area contributed by atoms with E-state index in [0.717, 1.165) is 4.31 Å². The van der Waals surface area contributed by atoms with Crippen LogP contribution in [-0.4, -0.2) is 48.8 Å². The van der Waals surface area contributed by atoms with Gasteiger partial charge >= 0.3 is 5.97 Å². The maximum atomic E-state index is 11.6. The zero-order chi connectivity index (χ0) is 11.5. The zero-order valence-electron chi connectivity index (χ0n) is 8.02. The average Bonchev–Trinajstić information content (AvgIpc) is 2.63. The summed E-state index contributed by atoms with van der Waals surface area (Å²) >= 11 is 5.35. The van der Waals surface area contributed by atoms with Crippen molar-refractivity contribution >= 4 is 27.8 Å². The predicted molar refractivity (Wildman–Crippen MR) is 55.0 cm³/mol. The van der Waals surface area contributed by atoms with Gasteiger partial charge in [0.05, 0.1) is 0 Å². The number of nitrogens with zero attached hydrogens (tertiary/aromatic N) is 1. The Bertz CT molecular complexity index is 332. The van der Waals surface area contributed by atoms with Gasteiger partial charge in [-0.1, -0.05) is 0 Å². The normalized spacial score (nSPS) is 23.1. The Morgan fingerprint density at radius 3 is 2.80 bits per heavy atom. The van der Waals surface area contributed by atoms with E-state index in [9.17, 15) is 13.2 Å². The number of carboxylic acids is 1. The second-order valence-electron chi connectivity index (χ2n) is 3.20. The summed E-state index contributed by atoms with van der Waals surface area (Å²) in [6, 6.07) is -0.946. The number of aliphatic carboxylic acids is 1. The molecule has 0 aromatic heterocycles. The van der Waals surface area contributed by atoms with Crippen LogP contribution in [0.3, 0.4) is 0 Å². The van der Waals surface area contributed by atoms with E-state index < -0.39 is 22.2 Å². The van der Waals surface area contributed by atoms with Crippen molar-refractivity contribution in [3.05, 3.63) is 0 Å². The molecule has 0 spiro atoms. The molecule has 1 fully saturated rings. The molecule has 1 unspecified atom stereocenters. The van der Waals surface area contributed by atoms with Crippen LogP contribution in [0, 0.1) is 0 Å². The van der Waals surface area contributed by atoms with Crippen LogP contribution in [0.5, 0.6) is 0 Å². The van der Waals surface area contributed by atoms with Crippen molar-refractivity contribution < 1.29 is 18.3 Å². The largest absolute Gasteiger partial charge is 0.480 e. The van der Waals surface area contributed by atoms with Gasteiger partial charge in [0, 0.05) is 19.0 Å². The molecule has 0 radical (unpaired) electrons. The van der Waals surface area contributed by atoms with E-state index in [1.54, 1.807) is 0 Å². The first kappa shape index (κ1) is 12.7. The molecule has 0 aliphatic carbocycles. The highest BCUT2D eigenvalue weighted by molar-refractivity contribution is 7.87. The van der Waals surface area contributed by atoms with E-state index in [-0.39, 0.29) is 19.0 Å². The summed E-state index contributed by atoms with van der Waals surface area (Å²) in [7, 11) is -3.70. The molecule has 1 aliphatic heterocycles. The number of hydrogen-bond donors (Lipinski definition) is 2. The standard InChI is InChI=1S/C7H13ClN2O4S/c8-3-4-9-15(13,14)10-5-1-2-6(10)7(11)12/h6,9H,1-5H2,(H,11,12). The lowest BCUT2D eigenvalue weighted by Crippen LogP contribution is -2.46. The summed E-state index contributed by atoms with van der Waals surface area (Å²) in [5, 5.41) is 8.81. The van der Waals surface area contributed by atoms with Gasteiger partial charge in [-0.2, -0.15) is 12.7 Å². The first-order chi connectivity index (χ1) is 6.99. The summed E-state index contributed by atoms with van der Waals surface area (Å²) in [5.41, 5.74) is 0. The van der Waals surface area contributed by atoms with Crippen molar-refractivity contribution in [3.63, 3.8) is 0 Å². The van der Waals surface area contributed by atoms with Gasteiger partial charge in [0.25, 0.3) is 10.2 Å². The molecule has 1 saturated heterocycles. The van der Waals surface area contributed by atoms with E-state index in [1.165, 1.54) is 0 Å². The Morgan fingerprint density at radius 2 is 2.27 bits per heavy atom.